The van der Waals surface area contributed by atoms with Crippen molar-refractivity contribution in [1.29, 1.82) is 0 Å². The highest BCUT2D eigenvalue weighted by Gasteiger charge is 2.08. The summed E-state index contributed by atoms with van der Waals surface area (Å²) in [4.78, 5) is 7.45. The fourth-order valence-electron chi connectivity index (χ4n) is 1.90. The summed E-state index contributed by atoms with van der Waals surface area (Å²) in [6.45, 7) is 1.98. The Balaban J connectivity index is 2.16. The second-order valence-electron chi connectivity index (χ2n) is 4.23. The van der Waals surface area contributed by atoms with Crippen LogP contribution in [0.4, 0.5) is 8.78 Å². The SMILES string of the molecule is Cc1ccc2nc(-c3ccc(F)c(F)c3)[nH]c2c1. The van der Waals surface area contributed by atoms with Gasteiger partial charge in [-0.25, -0.2) is 13.8 Å². The number of fused-ring (bicyclic) bond motifs is 1. The number of hydrogen-bond acceptors (Lipinski definition) is 1. The van der Waals surface area contributed by atoms with E-state index in [1.807, 2.05) is 25.1 Å². The van der Waals surface area contributed by atoms with Gasteiger partial charge in [0.2, 0.25) is 0 Å². The molecule has 1 N–H and O–H groups in total. The Hall–Kier alpha value is -2.23. The Bertz CT molecular complexity index is 732. The number of hydrogen-bond donors (Lipinski definition) is 1. The van der Waals surface area contributed by atoms with Gasteiger partial charge in [-0.1, -0.05) is 6.07 Å². The van der Waals surface area contributed by atoms with E-state index in [-0.39, 0.29) is 0 Å². The van der Waals surface area contributed by atoms with Gasteiger partial charge in [0.25, 0.3) is 0 Å². The van der Waals surface area contributed by atoms with Crippen LogP contribution in [0, 0.1) is 18.6 Å². The average molecular weight is 244 g/mol. The zero-order valence-corrected chi connectivity index (χ0v) is 9.67. The molecule has 0 aliphatic heterocycles. The summed E-state index contributed by atoms with van der Waals surface area (Å²) in [7, 11) is 0. The highest BCUT2D eigenvalue weighted by Crippen LogP contribution is 2.22. The van der Waals surface area contributed by atoms with Gasteiger partial charge < -0.3 is 4.98 Å². The quantitative estimate of drug-likeness (QED) is 0.692. The topological polar surface area (TPSA) is 28.7 Å². The van der Waals surface area contributed by atoms with E-state index < -0.39 is 11.6 Å². The number of imidazole rings is 1. The maximum absolute atomic E-state index is 13.2. The molecule has 90 valence electrons. The standard InChI is InChI=1S/C14H10F2N2/c1-8-2-5-12-13(6-8)18-14(17-12)9-3-4-10(15)11(16)7-9/h2-7H,1H3,(H,17,18). The molecule has 0 fully saturated rings. The van der Waals surface area contributed by atoms with E-state index in [9.17, 15) is 8.78 Å². The van der Waals surface area contributed by atoms with Crippen molar-refractivity contribution in [2.24, 2.45) is 0 Å². The molecule has 3 aromatic rings. The minimum absolute atomic E-state index is 0.530. The Kier molecular flexibility index (Phi) is 2.37. The predicted octanol–water partition coefficient (Wildman–Crippen LogP) is 3.82. The first-order valence-corrected chi connectivity index (χ1v) is 5.55. The summed E-state index contributed by atoms with van der Waals surface area (Å²) in [5, 5.41) is 0. The Morgan fingerprint density at radius 3 is 2.61 bits per heavy atom. The van der Waals surface area contributed by atoms with E-state index in [0.717, 1.165) is 28.7 Å². The number of aryl methyl sites for hydroxylation is 1. The molecule has 3 rings (SSSR count). The molecule has 0 amide bonds. The van der Waals surface area contributed by atoms with Crippen molar-refractivity contribution < 1.29 is 8.78 Å². The summed E-state index contributed by atoms with van der Waals surface area (Å²) in [5.74, 6) is -1.19. The van der Waals surface area contributed by atoms with Crippen LogP contribution in [-0.2, 0) is 0 Å². The zero-order chi connectivity index (χ0) is 12.7. The summed E-state index contributed by atoms with van der Waals surface area (Å²) in [5.41, 5.74) is 3.33. The first-order chi connectivity index (χ1) is 8.63. The van der Waals surface area contributed by atoms with Crippen molar-refractivity contribution in [2.75, 3.05) is 0 Å². The Morgan fingerprint density at radius 2 is 1.83 bits per heavy atom. The normalized spacial score (nSPS) is 11.1. The second kappa shape index (κ2) is 3.91. The largest absolute Gasteiger partial charge is 0.338 e. The molecular weight excluding hydrogens is 234 g/mol. The number of H-pyrrole nitrogens is 1. The third-order valence-corrected chi connectivity index (χ3v) is 2.83. The Labute approximate surface area is 102 Å². The third-order valence-electron chi connectivity index (χ3n) is 2.83. The summed E-state index contributed by atoms with van der Waals surface area (Å²) in [6.07, 6.45) is 0. The molecule has 0 radical (unpaired) electrons. The lowest BCUT2D eigenvalue weighted by molar-refractivity contribution is 0.509. The van der Waals surface area contributed by atoms with Crippen LogP contribution >= 0.6 is 0 Å². The number of benzene rings is 2. The molecule has 0 bridgehead atoms. The van der Waals surface area contributed by atoms with E-state index in [4.69, 9.17) is 0 Å². The molecule has 0 spiro atoms. The molecule has 4 heteroatoms. The highest BCUT2D eigenvalue weighted by molar-refractivity contribution is 5.79. The van der Waals surface area contributed by atoms with Crippen molar-refractivity contribution in [3.8, 4) is 11.4 Å². The van der Waals surface area contributed by atoms with Crippen molar-refractivity contribution in [3.63, 3.8) is 0 Å². The first kappa shape index (κ1) is 10.9. The number of rotatable bonds is 1. The van der Waals surface area contributed by atoms with E-state index in [0.29, 0.717) is 11.4 Å². The Morgan fingerprint density at radius 1 is 1.00 bits per heavy atom. The number of nitrogens with one attached hydrogen (secondary N) is 1. The third kappa shape index (κ3) is 1.76. The van der Waals surface area contributed by atoms with E-state index in [2.05, 4.69) is 9.97 Å². The van der Waals surface area contributed by atoms with Gasteiger partial charge >= 0.3 is 0 Å². The summed E-state index contributed by atoms with van der Waals surface area (Å²) < 4.78 is 26.0. The van der Waals surface area contributed by atoms with E-state index >= 15 is 0 Å². The number of halogens is 2. The van der Waals surface area contributed by atoms with Crippen LogP contribution in [0.2, 0.25) is 0 Å². The van der Waals surface area contributed by atoms with Gasteiger partial charge in [0.1, 0.15) is 5.82 Å². The number of aromatic amines is 1. The molecule has 0 unspecified atom stereocenters. The van der Waals surface area contributed by atoms with Crippen LogP contribution in [0.15, 0.2) is 36.4 Å². The van der Waals surface area contributed by atoms with Gasteiger partial charge in [-0.05, 0) is 42.8 Å². The number of nitrogens with zero attached hydrogens (tertiary/aromatic N) is 1. The lowest BCUT2D eigenvalue weighted by atomic mass is 10.2. The van der Waals surface area contributed by atoms with Crippen LogP contribution < -0.4 is 0 Å². The maximum atomic E-state index is 13.2. The van der Waals surface area contributed by atoms with Crippen molar-refractivity contribution in [3.05, 3.63) is 53.6 Å². The van der Waals surface area contributed by atoms with Gasteiger partial charge in [-0.15, -0.1) is 0 Å². The van der Waals surface area contributed by atoms with Gasteiger partial charge in [0, 0.05) is 5.56 Å². The molecule has 0 aliphatic carbocycles. The summed E-state index contributed by atoms with van der Waals surface area (Å²) >= 11 is 0. The lowest BCUT2D eigenvalue weighted by Gasteiger charge is -1.97. The molecule has 0 saturated carbocycles. The molecule has 0 atom stereocenters. The van der Waals surface area contributed by atoms with Crippen LogP contribution in [-0.4, -0.2) is 9.97 Å². The molecule has 1 aromatic heterocycles. The minimum atomic E-state index is -0.871. The highest BCUT2D eigenvalue weighted by atomic mass is 19.2. The smallest absolute Gasteiger partial charge is 0.159 e. The monoisotopic (exact) mass is 244 g/mol. The van der Waals surface area contributed by atoms with Crippen LogP contribution in [0.1, 0.15) is 5.56 Å². The van der Waals surface area contributed by atoms with Crippen LogP contribution in [0.5, 0.6) is 0 Å². The van der Waals surface area contributed by atoms with Crippen molar-refractivity contribution in [1.82, 2.24) is 9.97 Å². The molecule has 1 heterocycles. The molecule has 2 nitrogen and oxygen atoms in total. The molecule has 18 heavy (non-hydrogen) atoms. The van der Waals surface area contributed by atoms with Crippen molar-refractivity contribution >= 4 is 11.0 Å². The van der Waals surface area contributed by atoms with Crippen molar-refractivity contribution in [2.45, 2.75) is 6.92 Å². The fraction of sp³-hybridized carbons (Fsp3) is 0.0714. The van der Waals surface area contributed by atoms with Gasteiger partial charge in [-0.3, -0.25) is 0 Å². The van der Waals surface area contributed by atoms with Gasteiger partial charge in [0.05, 0.1) is 11.0 Å². The maximum Gasteiger partial charge on any atom is 0.159 e. The molecule has 0 aliphatic rings. The summed E-state index contributed by atoms with van der Waals surface area (Å²) in [6, 6.07) is 9.56. The molecule has 2 aromatic carbocycles. The lowest BCUT2D eigenvalue weighted by Crippen LogP contribution is -1.86. The van der Waals surface area contributed by atoms with E-state index in [1.165, 1.54) is 6.07 Å². The van der Waals surface area contributed by atoms with Crippen LogP contribution in [0.25, 0.3) is 22.4 Å². The predicted molar refractivity (Wildman–Crippen MR) is 66.2 cm³/mol. The van der Waals surface area contributed by atoms with Crippen LogP contribution in [0.3, 0.4) is 0 Å². The van der Waals surface area contributed by atoms with Gasteiger partial charge in [-0.2, -0.15) is 0 Å². The average Bonchev–Trinajstić information content (AvgIpc) is 2.75. The second-order valence-corrected chi connectivity index (χ2v) is 4.23. The zero-order valence-electron chi connectivity index (χ0n) is 9.67. The molecule has 0 saturated heterocycles. The number of aromatic nitrogens is 2. The van der Waals surface area contributed by atoms with E-state index in [1.54, 1.807) is 0 Å². The van der Waals surface area contributed by atoms with Gasteiger partial charge in [0.15, 0.2) is 11.6 Å². The molecular formula is C14H10F2N2. The minimum Gasteiger partial charge on any atom is -0.338 e. The fourth-order valence-corrected chi connectivity index (χ4v) is 1.90. The first-order valence-electron chi connectivity index (χ1n) is 5.55.